The zero-order valence-corrected chi connectivity index (χ0v) is 13.8. The third kappa shape index (κ3) is 2.78. The van der Waals surface area contributed by atoms with Crippen molar-refractivity contribution in [1.82, 2.24) is 4.98 Å². The van der Waals surface area contributed by atoms with Gasteiger partial charge in [0.05, 0.1) is 10.2 Å². The van der Waals surface area contributed by atoms with E-state index in [1.165, 1.54) is 27.0 Å². The van der Waals surface area contributed by atoms with Gasteiger partial charge >= 0.3 is 0 Å². The molecular formula is C21H17NS. The molecule has 0 amide bonds. The molecule has 4 rings (SSSR count). The van der Waals surface area contributed by atoms with E-state index in [4.69, 9.17) is 4.98 Å². The Bertz CT molecular complexity index is 937. The molecule has 0 aliphatic rings. The molecule has 0 aliphatic heterocycles. The molecule has 0 saturated heterocycles. The van der Waals surface area contributed by atoms with Gasteiger partial charge in [-0.2, -0.15) is 0 Å². The number of aromatic nitrogens is 1. The maximum atomic E-state index is 4.78. The van der Waals surface area contributed by atoms with Crippen molar-refractivity contribution in [2.24, 2.45) is 0 Å². The highest BCUT2D eigenvalue weighted by atomic mass is 32.1. The third-order valence-corrected chi connectivity index (χ3v) is 5.17. The van der Waals surface area contributed by atoms with E-state index < -0.39 is 0 Å². The van der Waals surface area contributed by atoms with Gasteiger partial charge in [-0.25, -0.2) is 4.98 Å². The second-order valence-corrected chi connectivity index (χ2v) is 6.65. The van der Waals surface area contributed by atoms with Gasteiger partial charge in [-0.1, -0.05) is 67.6 Å². The van der Waals surface area contributed by atoms with E-state index in [9.17, 15) is 0 Å². The molecule has 0 N–H and O–H groups in total. The Morgan fingerprint density at radius 1 is 0.783 bits per heavy atom. The molecule has 0 atom stereocenters. The summed E-state index contributed by atoms with van der Waals surface area (Å²) in [6.45, 7) is 2.19. The first-order valence-corrected chi connectivity index (χ1v) is 8.70. The molecule has 1 nitrogen and oxygen atoms in total. The van der Waals surface area contributed by atoms with Gasteiger partial charge < -0.3 is 0 Å². The van der Waals surface area contributed by atoms with Crippen LogP contribution in [-0.4, -0.2) is 4.98 Å². The number of rotatable bonds is 3. The third-order valence-electron chi connectivity index (χ3n) is 4.10. The standard InChI is InChI=1S/C21H17NS/c1-2-15-8-13-19-20(14-15)23-21(22-19)18-11-9-17(10-12-18)16-6-4-3-5-7-16/h3-14H,2H2,1H3. The molecule has 0 radical (unpaired) electrons. The van der Waals surface area contributed by atoms with Crippen LogP contribution in [0.25, 0.3) is 31.9 Å². The second kappa shape index (κ2) is 5.98. The minimum atomic E-state index is 1.06. The van der Waals surface area contributed by atoms with Crippen LogP contribution < -0.4 is 0 Å². The topological polar surface area (TPSA) is 12.9 Å². The van der Waals surface area contributed by atoms with Crippen molar-refractivity contribution in [2.75, 3.05) is 0 Å². The van der Waals surface area contributed by atoms with Gasteiger partial charge in [-0.05, 0) is 35.2 Å². The van der Waals surface area contributed by atoms with Crippen LogP contribution in [0.5, 0.6) is 0 Å². The highest BCUT2D eigenvalue weighted by Crippen LogP contribution is 2.32. The predicted octanol–water partition coefficient (Wildman–Crippen LogP) is 6.19. The van der Waals surface area contributed by atoms with E-state index in [2.05, 4.69) is 73.7 Å². The van der Waals surface area contributed by atoms with Crippen molar-refractivity contribution in [2.45, 2.75) is 13.3 Å². The Hall–Kier alpha value is -2.45. The summed E-state index contributed by atoms with van der Waals surface area (Å²) < 4.78 is 1.27. The molecule has 4 aromatic rings. The van der Waals surface area contributed by atoms with Crippen molar-refractivity contribution in [3.05, 3.63) is 78.4 Å². The zero-order chi connectivity index (χ0) is 15.6. The first kappa shape index (κ1) is 14.2. The van der Waals surface area contributed by atoms with Crippen LogP contribution in [0, 0.1) is 0 Å². The molecular weight excluding hydrogens is 298 g/mol. The monoisotopic (exact) mass is 315 g/mol. The van der Waals surface area contributed by atoms with Crippen molar-refractivity contribution >= 4 is 21.6 Å². The van der Waals surface area contributed by atoms with Crippen molar-refractivity contribution in [3.63, 3.8) is 0 Å². The Kier molecular flexibility index (Phi) is 3.68. The van der Waals surface area contributed by atoms with Crippen LogP contribution >= 0.6 is 11.3 Å². The molecule has 0 fully saturated rings. The van der Waals surface area contributed by atoms with Crippen LogP contribution in [0.4, 0.5) is 0 Å². The summed E-state index contributed by atoms with van der Waals surface area (Å²) in [4.78, 5) is 4.78. The summed E-state index contributed by atoms with van der Waals surface area (Å²) in [5, 5.41) is 1.09. The van der Waals surface area contributed by atoms with Gasteiger partial charge in [0.1, 0.15) is 5.01 Å². The lowest BCUT2D eigenvalue weighted by atomic mass is 10.0. The normalized spacial score (nSPS) is 11.0. The molecule has 23 heavy (non-hydrogen) atoms. The first-order valence-electron chi connectivity index (χ1n) is 7.89. The van der Waals surface area contributed by atoms with Gasteiger partial charge in [-0.3, -0.25) is 0 Å². The fourth-order valence-electron chi connectivity index (χ4n) is 2.75. The summed E-state index contributed by atoms with van der Waals surface area (Å²) >= 11 is 1.77. The largest absolute Gasteiger partial charge is 0.236 e. The number of fused-ring (bicyclic) bond motifs is 1. The molecule has 112 valence electrons. The number of aryl methyl sites for hydroxylation is 1. The average Bonchev–Trinajstić information content (AvgIpc) is 3.05. The quantitative estimate of drug-likeness (QED) is 0.439. The zero-order valence-electron chi connectivity index (χ0n) is 13.0. The van der Waals surface area contributed by atoms with Gasteiger partial charge in [0, 0.05) is 5.56 Å². The maximum absolute atomic E-state index is 4.78. The molecule has 1 aromatic heterocycles. The number of thiazole rings is 1. The van der Waals surface area contributed by atoms with Gasteiger partial charge in [0.15, 0.2) is 0 Å². The smallest absolute Gasteiger partial charge is 0.124 e. The van der Waals surface area contributed by atoms with Crippen LogP contribution in [0.1, 0.15) is 12.5 Å². The minimum Gasteiger partial charge on any atom is -0.236 e. The minimum absolute atomic E-state index is 1.06. The molecule has 2 heteroatoms. The summed E-state index contributed by atoms with van der Waals surface area (Å²) in [6.07, 6.45) is 1.06. The van der Waals surface area contributed by atoms with Gasteiger partial charge in [-0.15, -0.1) is 11.3 Å². The Labute approximate surface area is 140 Å². The molecule has 0 bridgehead atoms. The lowest BCUT2D eigenvalue weighted by Gasteiger charge is -2.02. The van der Waals surface area contributed by atoms with E-state index in [0.29, 0.717) is 0 Å². The Balaban J connectivity index is 1.70. The average molecular weight is 315 g/mol. The van der Waals surface area contributed by atoms with Crippen LogP contribution in [0.15, 0.2) is 72.8 Å². The van der Waals surface area contributed by atoms with E-state index in [0.717, 1.165) is 16.9 Å². The predicted molar refractivity (Wildman–Crippen MR) is 99.9 cm³/mol. The number of nitrogens with zero attached hydrogens (tertiary/aromatic N) is 1. The SMILES string of the molecule is CCc1ccc2nc(-c3ccc(-c4ccccc4)cc3)sc2c1. The van der Waals surface area contributed by atoms with Crippen molar-refractivity contribution in [1.29, 1.82) is 0 Å². The van der Waals surface area contributed by atoms with E-state index in [1.807, 2.05) is 6.07 Å². The molecule has 0 unspecified atom stereocenters. The second-order valence-electron chi connectivity index (χ2n) is 5.62. The highest BCUT2D eigenvalue weighted by molar-refractivity contribution is 7.21. The summed E-state index contributed by atoms with van der Waals surface area (Å²) in [5.41, 5.74) is 6.13. The fraction of sp³-hybridized carbons (Fsp3) is 0.0952. The highest BCUT2D eigenvalue weighted by Gasteiger charge is 2.07. The van der Waals surface area contributed by atoms with Crippen LogP contribution in [0.3, 0.4) is 0 Å². The van der Waals surface area contributed by atoms with E-state index in [-0.39, 0.29) is 0 Å². The first-order chi connectivity index (χ1) is 11.3. The van der Waals surface area contributed by atoms with Gasteiger partial charge in [0.25, 0.3) is 0 Å². The maximum Gasteiger partial charge on any atom is 0.124 e. The fourth-order valence-corrected chi connectivity index (χ4v) is 3.78. The van der Waals surface area contributed by atoms with E-state index >= 15 is 0 Å². The molecule has 0 aliphatic carbocycles. The summed E-state index contributed by atoms with van der Waals surface area (Å²) in [6, 6.07) is 25.7. The molecule has 1 heterocycles. The molecule has 0 saturated carbocycles. The van der Waals surface area contributed by atoms with Crippen molar-refractivity contribution < 1.29 is 0 Å². The summed E-state index contributed by atoms with van der Waals surface area (Å²) in [5.74, 6) is 0. The lowest BCUT2D eigenvalue weighted by Crippen LogP contribution is -1.79. The van der Waals surface area contributed by atoms with Crippen LogP contribution in [0.2, 0.25) is 0 Å². The Morgan fingerprint density at radius 3 is 2.22 bits per heavy atom. The lowest BCUT2D eigenvalue weighted by molar-refractivity contribution is 1.15. The van der Waals surface area contributed by atoms with Crippen LogP contribution in [-0.2, 0) is 6.42 Å². The molecule has 3 aromatic carbocycles. The molecule has 0 spiro atoms. The summed E-state index contributed by atoms with van der Waals surface area (Å²) in [7, 11) is 0. The van der Waals surface area contributed by atoms with Gasteiger partial charge in [0.2, 0.25) is 0 Å². The number of hydrogen-bond acceptors (Lipinski definition) is 2. The van der Waals surface area contributed by atoms with E-state index in [1.54, 1.807) is 11.3 Å². The Morgan fingerprint density at radius 2 is 1.48 bits per heavy atom. The number of hydrogen-bond donors (Lipinski definition) is 0. The van der Waals surface area contributed by atoms with Crippen molar-refractivity contribution in [3.8, 4) is 21.7 Å². The number of benzene rings is 3.